The molecule has 28 heavy (non-hydrogen) atoms. The van der Waals surface area contributed by atoms with Crippen molar-refractivity contribution in [2.24, 2.45) is 0 Å². The van der Waals surface area contributed by atoms with E-state index in [4.69, 9.17) is 9.26 Å². The first-order chi connectivity index (χ1) is 13.5. The number of carbonyl (C=O) groups is 1. The molecule has 0 spiro atoms. The molecular formula is C20H19N5O3. The van der Waals surface area contributed by atoms with Crippen LogP contribution in [0.3, 0.4) is 0 Å². The number of fused-ring (bicyclic) bond motifs is 1. The Balaban J connectivity index is 1.64. The summed E-state index contributed by atoms with van der Waals surface area (Å²) in [6.07, 6.45) is 4.62. The average molecular weight is 377 g/mol. The van der Waals surface area contributed by atoms with E-state index in [1.165, 1.54) is 6.39 Å². The van der Waals surface area contributed by atoms with Gasteiger partial charge in [-0.15, -0.1) is 0 Å². The summed E-state index contributed by atoms with van der Waals surface area (Å²) in [5.41, 5.74) is 3.46. The van der Waals surface area contributed by atoms with Crippen molar-refractivity contribution in [2.75, 3.05) is 5.32 Å². The number of amides is 1. The van der Waals surface area contributed by atoms with E-state index in [9.17, 15) is 4.79 Å². The van der Waals surface area contributed by atoms with Crippen LogP contribution in [0.5, 0.6) is 5.75 Å². The van der Waals surface area contributed by atoms with Gasteiger partial charge in [0.25, 0.3) is 5.91 Å². The van der Waals surface area contributed by atoms with Crippen molar-refractivity contribution in [3.63, 3.8) is 0 Å². The van der Waals surface area contributed by atoms with Crippen molar-refractivity contribution in [3.05, 3.63) is 60.2 Å². The highest BCUT2D eigenvalue weighted by Crippen LogP contribution is 2.25. The number of nitrogens with one attached hydrogen (secondary N) is 1. The molecule has 3 aromatic heterocycles. The number of hydrogen-bond donors (Lipinski definition) is 1. The lowest BCUT2D eigenvalue weighted by Gasteiger charge is -2.11. The number of aryl methyl sites for hydroxylation is 1. The van der Waals surface area contributed by atoms with Crippen LogP contribution in [0.25, 0.3) is 16.9 Å². The molecule has 0 radical (unpaired) electrons. The molecule has 8 nitrogen and oxygen atoms in total. The zero-order valence-corrected chi connectivity index (χ0v) is 15.7. The topological polar surface area (TPSA) is 94.6 Å². The second-order valence-corrected chi connectivity index (χ2v) is 6.66. The molecule has 1 amide bonds. The van der Waals surface area contributed by atoms with E-state index >= 15 is 0 Å². The van der Waals surface area contributed by atoms with Crippen molar-refractivity contribution in [3.8, 4) is 17.1 Å². The summed E-state index contributed by atoms with van der Waals surface area (Å²) >= 11 is 0. The van der Waals surface area contributed by atoms with E-state index in [0.29, 0.717) is 28.3 Å². The molecule has 1 aromatic carbocycles. The van der Waals surface area contributed by atoms with Crippen LogP contribution in [0.4, 0.5) is 5.69 Å². The molecule has 0 atom stereocenters. The molecule has 4 rings (SSSR count). The van der Waals surface area contributed by atoms with Gasteiger partial charge in [-0.3, -0.25) is 4.79 Å². The largest absolute Gasteiger partial charge is 0.491 e. The minimum Gasteiger partial charge on any atom is -0.491 e. The first-order valence-electron chi connectivity index (χ1n) is 8.84. The Morgan fingerprint density at radius 2 is 2.11 bits per heavy atom. The fourth-order valence-corrected chi connectivity index (χ4v) is 2.86. The summed E-state index contributed by atoms with van der Waals surface area (Å²) in [6, 6.07) is 9.22. The van der Waals surface area contributed by atoms with E-state index in [1.807, 2.05) is 51.1 Å². The summed E-state index contributed by atoms with van der Waals surface area (Å²) in [6.45, 7) is 5.82. The lowest BCUT2D eigenvalue weighted by Crippen LogP contribution is -2.13. The first-order valence-corrected chi connectivity index (χ1v) is 8.84. The van der Waals surface area contributed by atoms with Gasteiger partial charge < -0.3 is 14.6 Å². The van der Waals surface area contributed by atoms with Crippen LogP contribution in [0.15, 0.2) is 53.6 Å². The zero-order chi connectivity index (χ0) is 19.7. The van der Waals surface area contributed by atoms with Crippen LogP contribution in [0.1, 0.15) is 29.8 Å². The molecule has 0 fully saturated rings. The zero-order valence-electron chi connectivity index (χ0n) is 15.7. The summed E-state index contributed by atoms with van der Waals surface area (Å²) in [5, 5.41) is 11.0. The van der Waals surface area contributed by atoms with E-state index < -0.39 is 0 Å². The molecule has 0 bridgehead atoms. The molecule has 0 unspecified atom stereocenters. The van der Waals surface area contributed by atoms with Crippen molar-refractivity contribution < 1.29 is 14.1 Å². The fourth-order valence-electron chi connectivity index (χ4n) is 2.86. The van der Waals surface area contributed by atoms with Crippen LogP contribution in [0, 0.1) is 6.92 Å². The van der Waals surface area contributed by atoms with Gasteiger partial charge in [0, 0.05) is 23.5 Å². The fraction of sp³-hybridized carbons (Fsp3) is 0.200. The molecule has 3 heterocycles. The summed E-state index contributed by atoms with van der Waals surface area (Å²) in [5.74, 6) is 0.888. The minimum absolute atomic E-state index is 0.0400. The van der Waals surface area contributed by atoms with Gasteiger partial charge in [0.05, 0.1) is 23.4 Å². The van der Waals surface area contributed by atoms with E-state index in [0.717, 1.165) is 11.1 Å². The van der Waals surface area contributed by atoms with Crippen molar-refractivity contribution >= 4 is 17.1 Å². The van der Waals surface area contributed by atoms with Crippen molar-refractivity contribution in [1.29, 1.82) is 0 Å². The first kappa shape index (κ1) is 17.7. The summed E-state index contributed by atoms with van der Waals surface area (Å²) < 4.78 is 12.2. The van der Waals surface area contributed by atoms with Gasteiger partial charge in [0.15, 0.2) is 0 Å². The Kier molecular flexibility index (Phi) is 4.52. The highest BCUT2D eigenvalue weighted by Gasteiger charge is 2.16. The highest BCUT2D eigenvalue weighted by atomic mass is 16.5. The number of hydrogen-bond acceptors (Lipinski definition) is 6. The Hall–Kier alpha value is -3.68. The monoisotopic (exact) mass is 377 g/mol. The molecule has 1 N–H and O–H groups in total. The van der Waals surface area contributed by atoms with Crippen molar-refractivity contribution in [1.82, 2.24) is 19.8 Å². The van der Waals surface area contributed by atoms with Gasteiger partial charge in [-0.25, -0.2) is 4.52 Å². The smallest absolute Gasteiger partial charge is 0.259 e. The third-order valence-electron chi connectivity index (χ3n) is 4.21. The molecule has 142 valence electrons. The molecule has 0 aliphatic rings. The average Bonchev–Trinajstić information content (AvgIpc) is 3.32. The highest BCUT2D eigenvalue weighted by molar-refractivity contribution is 6.09. The second kappa shape index (κ2) is 7.15. The van der Waals surface area contributed by atoms with Gasteiger partial charge in [-0.05, 0) is 38.5 Å². The van der Waals surface area contributed by atoms with Gasteiger partial charge in [-0.2, -0.15) is 10.1 Å². The number of anilines is 1. The molecule has 4 aromatic rings. The second-order valence-electron chi connectivity index (χ2n) is 6.66. The summed E-state index contributed by atoms with van der Waals surface area (Å²) in [4.78, 5) is 17.0. The Morgan fingerprint density at radius 1 is 1.25 bits per heavy atom. The molecule has 8 heteroatoms. The number of benzene rings is 1. The van der Waals surface area contributed by atoms with Crippen molar-refractivity contribution in [2.45, 2.75) is 26.9 Å². The molecular weight excluding hydrogens is 358 g/mol. The maximum absolute atomic E-state index is 12.9. The molecule has 0 saturated carbocycles. The molecule has 0 saturated heterocycles. The van der Waals surface area contributed by atoms with E-state index in [-0.39, 0.29) is 12.0 Å². The van der Waals surface area contributed by atoms with E-state index in [1.54, 1.807) is 16.9 Å². The number of pyridine rings is 1. The standard InChI is InChI=1S/C20H19N5O3/c1-12(2)28-15-6-7-25-18(9-15)16(10-22-25)20(26)23-17-8-14(5-4-13(17)3)19-21-11-27-24-19/h4-12H,1-3H3,(H,23,26). The predicted octanol–water partition coefficient (Wildman–Crippen LogP) is 3.73. The number of carbonyl (C=O) groups excluding carboxylic acids is 1. The van der Waals surface area contributed by atoms with E-state index in [2.05, 4.69) is 20.6 Å². The Bertz CT molecular complexity index is 1130. The van der Waals surface area contributed by atoms with Gasteiger partial charge in [-0.1, -0.05) is 17.3 Å². The van der Waals surface area contributed by atoms with Gasteiger partial charge in [0.2, 0.25) is 12.2 Å². The Labute approximate surface area is 161 Å². The normalized spacial score (nSPS) is 11.1. The predicted molar refractivity (Wildman–Crippen MR) is 103 cm³/mol. The van der Waals surface area contributed by atoms with Crippen LogP contribution >= 0.6 is 0 Å². The lowest BCUT2D eigenvalue weighted by atomic mass is 10.1. The lowest BCUT2D eigenvalue weighted by molar-refractivity contribution is 0.102. The minimum atomic E-state index is -0.259. The number of aromatic nitrogens is 4. The molecule has 0 aliphatic carbocycles. The maximum atomic E-state index is 12.9. The quantitative estimate of drug-likeness (QED) is 0.569. The number of ether oxygens (including phenoxy) is 1. The van der Waals surface area contributed by atoms with Crippen LogP contribution in [-0.4, -0.2) is 31.8 Å². The third-order valence-corrected chi connectivity index (χ3v) is 4.21. The Morgan fingerprint density at radius 3 is 2.86 bits per heavy atom. The molecule has 0 aliphatic heterocycles. The third kappa shape index (κ3) is 3.44. The van der Waals surface area contributed by atoms with Crippen LogP contribution in [-0.2, 0) is 0 Å². The summed E-state index contributed by atoms with van der Waals surface area (Å²) in [7, 11) is 0. The maximum Gasteiger partial charge on any atom is 0.259 e. The van der Waals surface area contributed by atoms with Gasteiger partial charge >= 0.3 is 0 Å². The SMILES string of the molecule is Cc1ccc(-c2ncon2)cc1NC(=O)c1cnn2ccc(OC(C)C)cc12. The van der Waals surface area contributed by atoms with Crippen LogP contribution in [0.2, 0.25) is 0 Å². The number of rotatable bonds is 5. The number of nitrogens with zero attached hydrogens (tertiary/aromatic N) is 4. The van der Waals surface area contributed by atoms with Crippen LogP contribution < -0.4 is 10.1 Å². The van der Waals surface area contributed by atoms with Gasteiger partial charge in [0.1, 0.15) is 5.75 Å².